The molecule has 0 heterocycles. The summed E-state index contributed by atoms with van der Waals surface area (Å²) in [4.78, 5) is 11.3. The Hall–Kier alpha value is -2.63. The Labute approximate surface area is 149 Å². The fourth-order valence-corrected chi connectivity index (χ4v) is 4.01. The van der Waals surface area contributed by atoms with Gasteiger partial charge in [-0.25, -0.2) is 4.79 Å². The van der Waals surface area contributed by atoms with Gasteiger partial charge in [-0.05, 0) is 71.6 Å². The molecule has 2 aromatic carbocycles. The van der Waals surface area contributed by atoms with Gasteiger partial charge in [-0.2, -0.15) is 8.78 Å². The highest BCUT2D eigenvalue weighted by Gasteiger charge is 2.52. The lowest BCUT2D eigenvalue weighted by atomic mass is 9.76. The predicted octanol–water partition coefficient (Wildman–Crippen LogP) is 4.99. The Balaban J connectivity index is 1.66. The molecule has 6 heteroatoms. The summed E-state index contributed by atoms with van der Waals surface area (Å²) >= 11 is 0. The SMILES string of the molecule is O=C(O)NC1c2cc(-c3ccc(OC(F)F)cc3)ccc2CCC12CC2. The van der Waals surface area contributed by atoms with E-state index >= 15 is 0 Å². The van der Waals surface area contributed by atoms with E-state index < -0.39 is 12.7 Å². The van der Waals surface area contributed by atoms with Gasteiger partial charge in [-0.3, -0.25) is 0 Å². The number of alkyl halides is 2. The molecule has 1 fully saturated rings. The van der Waals surface area contributed by atoms with Crippen molar-refractivity contribution < 1.29 is 23.4 Å². The number of nitrogens with one attached hydrogen (secondary N) is 1. The number of benzene rings is 2. The maximum atomic E-state index is 12.3. The zero-order chi connectivity index (χ0) is 18.3. The van der Waals surface area contributed by atoms with Crippen molar-refractivity contribution in [1.82, 2.24) is 5.32 Å². The Morgan fingerprint density at radius 2 is 1.81 bits per heavy atom. The van der Waals surface area contributed by atoms with E-state index in [9.17, 15) is 18.7 Å². The van der Waals surface area contributed by atoms with Crippen LogP contribution in [0.5, 0.6) is 5.75 Å². The van der Waals surface area contributed by atoms with Crippen molar-refractivity contribution in [1.29, 1.82) is 0 Å². The molecule has 1 saturated carbocycles. The number of ether oxygens (including phenoxy) is 1. The summed E-state index contributed by atoms with van der Waals surface area (Å²) in [6.45, 7) is -2.85. The number of hydrogen-bond donors (Lipinski definition) is 2. The molecule has 136 valence electrons. The summed E-state index contributed by atoms with van der Waals surface area (Å²) in [7, 11) is 0. The minimum absolute atomic E-state index is 0.0545. The Morgan fingerprint density at radius 1 is 1.12 bits per heavy atom. The molecule has 4 rings (SSSR count). The molecule has 1 atom stereocenters. The van der Waals surface area contributed by atoms with Crippen LogP contribution in [0.3, 0.4) is 0 Å². The summed E-state index contributed by atoms with van der Waals surface area (Å²) in [6, 6.07) is 12.4. The van der Waals surface area contributed by atoms with Crippen molar-refractivity contribution in [2.45, 2.75) is 38.3 Å². The minimum atomic E-state index is -2.85. The smallest absolute Gasteiger partial charge is 0.405 e. The predicted molar refractivity (Wildman–Crippen MR) is 92.4 cm³/mol. The lowest BCUT2D eigenvalue weighted by Crippen LogP contribution is -2.36. The maximum Gasteiger partial charge on any atom is 0.405 e. The molecule has 1 spiro atoms. The fourth-order valence-electron chi connectivity index (χ4n) is 4.01. The van der Waals surface area contributed by atoms with E-state index in [0.29, 0.717) is 0 Å². The Bertz CT molecular complexity index is 831. The molecule has 2 aromatic rings. The van der Waals surface area contributed by atoms with Crippen molar-refractivity contribution in [3.05, 3.63) is 53.6 Å². The first-order valence-corrected chi connectivity index (χ1v) is 8.64. The molecular formula is C20H19F2NO3. The average molecular weight is 359 g/mol. The largest absolute Gasteiger partial charge is 0.465 e. The Morgan fingerprint density at radius 3 is 2.42 bits per heavy atom. The van der Waals surface area contributed by atoms with Gasteiger partial charge in [0.05, 0.1) is 6.04 Å². The number of carboxylic acid groups (broad SMARTS) is 1. The molecular weight excluding hydrogens is 340 g/mol. The average Bonchev–Trinajstić information content (AvgIpc) is 3.38. The van der Waals surface area contributed by atoms with Crippen LogP contribution in [0.15, 0.2) is 42.5 Å². The van der Waals surface area contributed by atoms with Gasteiger partial charge < -0.3 is 15.2 Å². The van der Waals surface area contributed by atoms with Crippen LogP contribution in [-0.2, 0) is 6.42 Å². The normalized spacial score (nSPS) is 19.9. The number of amides is 1. The standard InChI is InChI=1S/C20H19F2NO3/c21-18(22)26-15-5-3-12(4-6-15)14-2-1-13-7-8-20(9-10-20)17(16(13)11-14)23-19(24)25/h1-6,11,17-18,23H,7-10H2,(H,24,25). The lowest BCUT2D eigenvalue weighted by Gasteiger charge is -2.34. The maximum absolute atomic E-state index is 12.3. The third-order valence-corrected chi connectivity index (χ3v) is 5.53. The highest BCUT2D eigenvalue weighted by molar-refractivity contribution is 5.69. The molecule has 0 bridgehead atoms. The number of fused-ring (bicyclic) bond motifs is 1. The van der Waals surface area contributed by atoms with Crippen LogP contribution in [-0.4, -0.2) is 17.8 Å². The molecule has 2 aliphatic carbocycles. The number of hydrogen-bond acceptors (Lipinski definition) is 2. The van der Waals surface area contributed by atoms with E-state index in [1.165, 1.54) is 17.7 Å². The van der Waals surface area contributed by atoms with Gasteiger partial charge >= 0.3 is 12.7 Å². The highest BCUT2D eigenvalue weighted by atomic mass is 19.3. The molecule has 2 aliphatic rings. The third-order valence-electron chi connectivity index (χ3n) is 5.53. The highest BCUT2D eigenvalue weighted by Crippen LogP contribution is 2.61. The molecule has 1 unspecified atom stereocenters. The summed E-state index contributed by atoms with van der Waals surface area (Å²) in [6.07, 6.45) is 3.04. The second kappa shape index (κ2) is 6.27. The van der Waals surface area contributed by atoms with Crippen molar-refractivity contribution in [3.8, 4) is 16.9 Å². The van der Waals surface area contributed by atoms with Gasteiger partial charge in [0, 0.05) is 0 Å². The zero-order valence-corrected chi connectivity index (χ0v) is 14.0. The number of aryl methyl sites for hydroxylation is 1. The second-order valence-electron chi connectivity index (χ2n) is 7.06. The molecule has 1 amide bonds. The van der Waals surface area contributed by atoms with E-state index in [1.807, 2.05) is 18.2 Å². The van der Waals surface area contributed by atoms with Crippen molar-refractivity contribution in [2.75, 3.05) is 0 Å². The molecule has 0 saturated heterocycles. The van der Waals surface area contributed by atoms with E-state index in [2.05, 4.69) is 10.1 Å². The summed E-state index contributed by atoms with van der Waals surface area (Å²) in [5.41, 5.74) is 4.06. The van der Waals surface area contributed by atoms with Crippen molar-refractivity contribution >= 4 is 6.09 Å². The van der Waals surface area contributed by atoms with Gasteiger partial charge in [0.15, 0.2) is 0 Å². The molecule has 0 radical (unpaired) electrons. The first-order chi connectivity index (χ1) is 12.5. The van der Waals surface area contributed by atoms with Crippen LogP contribution in [0.1, 0.15) is 36.4 Å². The number of carbonyl (C=O) groups is 1. The lowest BCUT2D eigenvalue weighted by molar-refractivity contribution is -0.0498. The number of rotatable bonds is 4. The topological polar surface area (TPSA) is 58.6 Å². The minimum Gasteiger partial charge on any atom is -0.465 e. The monoisotopic (exact) mass is 359 g/mol. The van der Waals surface area contributed by atoms with Crippen LogP contribution in [0.25, 0.3) is 11.1 Å². The van der Waals surface area contributed by atoms with Gasteiger partial charge in [0.2, 0.25) is 0 Å². The first kappa shape index (κ1) is 16.8. The van der Waals surface area contributed by atoms with E-state index in [1.54, 1.807) is 12.1 Å². The van der Waals surface area contributed by atoms with Crippen LogP contribution < -0.4 is 10.1 Å². The number of halogens is 2. The summed E-state index contributed by atoms with van der Waals surface area (Å²) < 4.78 is 28.9. The van der Waals surface area contributed by atoms with Gasteiger partial charge in [-0.1, -0.05) is 24.3 Å². The van der Waals surface area contributed by atoms with Crippen LogP contribution in [0.2, 0.25) is 0 Å². The third kappa shape index (κ3) is 3.11. The Kier molecular flexibility index (Phi) is 4.05. The molecule has 26 heavy (non-hydrogen) atoms. The fraction of sp³-hybridized carbons (Fsp3) is 0.350. The van der Waals surface area contributed by atoms with Gasteiger partial charge in [0.1, 0.15) is 5.75 Å². The van der Waals surface area contributed by atoms with Crippen molar-refractivity contribution in [2.24, 2.45) is 5.41 Å². The van der Waals surface area contributed by atoms with Crippen molar-refractivity contribution in [3.63, 3.8) is 0 Å². The molecule has 4 nitrogen and oxygen atoms in total. The zero-order valence-electron chi connectivity index (χ0n) is 14.0. The van der Waals surface area contributed by atoms with Crippen LogP contribution in [0, 0.1) is 5.41 Å². The van der Waals surface area contributed by atoms with Gasteiger partial charge in [0.25, 0.3) is 0 Å². The van der Waals surface area contributed by atoms with Crippen LogP contribution in [0.4, 0.5) is 13.6 Å². The van der Waals surface area contributed by atoms with E-state index in [-0.39, 0.29) is 17.2 Å². The first-order valence-electron chi connectivity index (χ1n) is 8.64. The molecule has 0 aliphatic heterocycles. The van der Waals surface area contributed by atoms with Crippen LogP contribution >= 0.6 is 0 Å². The van der Waals surface area contributed by atoms with E-state index in [4.69, 9.17) is 0 Å². The molecule has 0 aromatic heterocycles. The second-order valence-corrected chi connectivity index (χ2v) is 7.06. The van der Waals surface area contributed by atoms with Gasteiger partial charge in [-0.15, -0.1) is 0 Å². The summed E-state index contributed by atoms with van der Waals surface area (Å²) in [5.74, 6) is 0.115. The molecule has 2 N–H and O–H groups in total. The quantitative estimate of drug-likeness (QED) is 0.808. The summed E-state index contributed by atoms with van der Waals surface area (Å²) in [5, 5.41) is 12.0. The van der Waals surface area contributed by atoms with E-state index in [0.717, 1.165) is 42.4 Å².